The fourth-order valence-corrected chi connectivity index (χ4v) is 2.31. The number of oxazole rings is 1. The van der Waals surface area contributed by atoms with Crippen LogP contribution in [0.15, 0.2) is 60.1 Å². The fourth-order valence-electron chi connectivity index (χ4n) is 2.31. The molecular weight excluding hydrogens is 308 g/mol. The number of nitrogens with one attached hydrogen (secondary N) is 1. The molecule has 118 valence electrons. The van der Waals surface area contributed by atoms with Crippen LogP contribution in [-0.2, 0) is 11.3 Å². The molecule has 0 aliphatic rings. The standard InChI is InChI=1S/C16H12N6O2/c23-15(8-22-4-3-17-9-22)21-16-19-6-12-2-1-11(5-13(12)20-16)14-7-18-10-24-14/h1-7,9-10H,8H2,(H,19,20,21,23). The highest BCUT2D eigenvalue weighted by atomic mass is 16.3. The Morgan fingerprint density at radius 1 is 1.25 bits per heavy atom. The molecule has 0 bridgehead atoms. The number of carbonyl (C=O) groups excluding carboxylic acids is 1. The molecule has 0 fully saturated rings. The van der Waals surface area contributed by atoms with Gasteiger partial charge in [0.05, 0.1) is 18.0 Å². The van der Waals surface area contributed by atoms with Crippen LogP contribution in [-0.4, -0.2) is 30.4 Å². The Bertz CT molecular complexity index is 979. The van der Waals surface area contributed by atoms with Crippen LogP contribution in [0, 0.1) is 0 Å². The van der Waals surface area contributed by atoms with E-state index >= 15 is 0 Å². The van der Waals surface area contributed by atoms with Crippen molar-refractivity contribution in [2.75, 3.05) is 5.32 Å². The number of rotatable bonds is 4. The second-order valence-electron chi connectivity index (χ2n) is 5.12. The molecule has 0 atom stereocenters. The zero-order valence-electron chi connectivity index (χ0n) is 12.5. The van der Waals surface area contributed by atoms with E-state index in [0.29, 0.717) is 11.3 Å². The van der Waals surface area contributed by atoms with Crippen molar-refractivity contribution in [2.45, 2.75) is 6.54 Å². The fraction of sp³-hybridized carbons (Fsp3) is 0.0625. The first-order chi connectivity index (χ1) is 11.8. The number of amides is 1. The molecule has 1 amide bonds. The second-order valence-corrected chi connectivity index (χ2v) is 5.12. The molecule has 3 heterocycles. The van der Waals surface area contributed by atoms with E-state index in [2.05, 4.69) is 25.3 Å². The van der Waals surface area contributed by atoms with Crippen LogP contribution in [0.3, 0.4) is 0 Å². The van der Waals surface area contributed by atoms with Gasteiger partial charge in [0.25, 0.3) is 0 Å². The van der Waals surface area contributed by atoms with Crippen molar-refractivity contribution in [3.05, 3.63) is 55.7 Å². The van der Waals surface area contributed by atoms with Gasteiger partial charge in [-0.05, 0) is 6.07 Å². The van der Waals surface area contributed by atoms with E-state index < -0.39 is 0 Å². The number of aromatic nitrogens is 5. The van der Waals surface area contributed by atoms with Crippen LogP contribution in [0.25, 0.3) is 22.2 Å². The van der Waals surface area contributed by atoms with E-state index in [9.17, 15) is 4.79 Å². The molecule has 3 aromatic heterocycles. The predicted molar refractivity (Wildman–Crippen MR) is 85.9 cm³/mol. The van der Waals surface area contributed by atoms with Crippen LogP contribution in [0.4, 0.5) is 5.95 Å². The maximum atomic E-state index is 12.0. The number of anilines is 1. The number of hydrogen-bond acceptors (Lipinski definition) is 6. The zero-order chi connectivity index (χ0) is 16.4. The molecule has 0 radical (unpaired) electrons. The summed E-state index contributed by atoms with van der Waals surface area (Å²) in [6, 6.07) is 5.66. The van der Waals surface area contributed by atoms with E-state index in [1.165, 1.54) is 6.39 Å². The van der Waals surface area contributed by atoms with Gasteiger partial charge < -0.3 is 8.98 Å². The molecule has 0 unspecified atom stereocenters. The molecule has 24 heavy (non-hydrogen) atoms. The lowest BCUT2D eigenvalue weighted by Crippen LogP contribution is -2.19. The maximum absolute atomic E-state index is 12.0. The lowest BCUT2D eigenvalue weighted by molar-refractivity contribution is -0.116. The largest absolute Gasteiger partial charge is 0.444 e. The molecule has 4 aromatic rings. The van der Waals surface area contributed by atoms with Gasteiger partial charge in [0, 0.05) is 29.5 Å². The summed E-state index contributed by atoms with van der Waals surface area (Å²) in [6.07, 6.45) is 9.58. The van der Waals surface area contributed by atoms with Crippen molar-refractivity contribution in [1.82, 2.24) is 24.5 Å². The number of benzene rings is 1. The van der Waals surface area contributed by atoms with Gasteiger partial charge in [-0.15, -0.1) is 0 Å². The summed E-state index contributed by atoms with van der Waals surface area (Å²) in [4.78, 5) is 28.4. The molecular formula is C16H12N6O2. The molecule has 0 spiro atoms. The van der Waals surface area contributed by atoms with Gasteiger partial charge in [0.1, 0.15) is 6.54 Å². The zero-order valence-corrected chi connectivity index (χ0v) is 12.5. The average molecular weight is 320 g/mol. The van der Waals surface area contributed by atoms with E-state index in [4.69, 9.17) is 4.42 Å². The second kappa shape index (κ2) is 5.92. The molecule has 0 saturated heterocycles. The first-order valence-corrected chi connectivity index (χ1v) is 7.19. The average Bonchev–Trinajstić information content (AvgIpc) is 3.27. The highest BCUT2D eigenvalue weighted by Crippen LogP contribution is 2.23. The number of fused-ring (bicyclic) bond motifs is 1. The van der Waals surface area contributed by atoms with Crippen molar-refractivity contribution in [3.8, 4) is 11.3 Å². The summed E-state index contributed by atoms with van der Waals surface area (Å²) in [7, 11) is 0. The highest BCUT2D eigenvalue weighted by Gasteiger charge is 2.08. The Morgan fingerprint density at radius 3 is 3.00 bits per heavy atom. The van der Waals surface area contributed by atoms with Crippen molar-refractivity contribution in [1.29, 1.82) is 0 Å². The molecule has 0 aliphatic heterocycles. The van der Waals surface area contributed by atoms with Gasteiger partial charge in [0.15, 0.2) is 12.2 Å². The monoisotopic (exact) mass is 320 g/mol. The number of imidazole rings is 1. The summed E-state index contributed by atoms with van der Waals surface area (Å²) in [5, 5.41) is 3.55. The number of carbonyl (C=O) groups is 1. The summed E-state index contributed by atoms with van der Waals surface area (Å²) in [5.74, 6) is 0.683. The third kappa shape index (κ3) is 2.84. The summed E-state index contributed by atoms with van der Waals surface area (Å²) >= 11 is 0. The number of nitrogens with zero attached hydrogens (tertiary/aromatic N) is 5. The summed E-state index contributed by atoms with van der Waals surface area (Å²) < 4.78 is 6.95. The molecule has 0 aliphatic carbocycles. The number of hydrogen-bond donors (Lipinski definition) is 1. The SMILES string of the molecule is O=C(Cn1ccnc1)Nc1ncc2ccc(-c3cnco3)cc2n1. The van der Waals surface area contributed by atoms with Crippen molar-refractivity contribution >= 4 is 22.8 Å². The smallest absolute Gasteiger partial charge is 0.246 e. The minimum absolute atomic E-state index is 0.152. The van der Waals surface area contributed by atoms with E-state index in [1.54, 1.807) is 35.7 Å². The topological polar surface area (TPSA) is 98.7 Å². The van der Waals surface area contributed by atoms with Crippen LogP contribution in [0.5, 0.6) is 0 Å². The van der Waals surface area contributed by atoms with E-state index in [0.717, 1.165) is 10.9 Å². The molecule has 0 saturated carbocycles. The van der Waals surface area contributed by atoms with Crippen molar-refractivity contribution < 1.29 is 9.21 Å². The van der Waals surface area contributed by atoms with E-state index in [1.807, 2.05) is 18.2 Å². The first kappa shape index (κ1) is 14.1. The molecule has 8 heteroatoms. The molecule has 1 N–H and O–H groups in total. The van der Waals surface area contributed by atoms with Gasteiger partial charge in [-0.1, -0.05) is 12.1 Å². The van der Waals surface area contributed by atoms with Crippen LogP contribution in [0.1, 0.15) is 0 Å². The first-order valence-electron chi connectivity index (χ1n) is 7.19. The van der Waals surface area contributed by atoms with E-state index in [-0.39, 0.29) is 18.4 Å². The predicted octanol–water partition coefficient (Wildman–Crippen LogP) is 2.12. The van der Waals surface area contributed by atoms with Gasteiger partial charge in [-0.2, -0.15) is 0 Å². The Kier molecular flexibility index (Phi) is 3.47. The Labute approximate surface area is 136 Å². The summed E-state index contributed by atoms with van der Waals surface area (Å²) in [5.41, 5.74) is 1.56. The minimum atomic E-state index is -0.223. The van der Waals surface area contributed by atoms with Crippen LogP contribution >= 0.6 is 0 Å². The van der Waals surface area contributed by atoms with Crippen LogP contribution < -0.4 is 5.32 Å². The van der Waals surface area contributed by atoms with Gasteiger partial charge in [-0.3, -0.25) is 10.1 Å². The Balaban J connectivity index is 1.58. The van der Waals surface area contributed by atoms with Gasteiger partial charge in [0.2, 0.25) is 11.9 Å². The highest BCUT2D eigenvalue weighted by molar-refractivity contribution is 5.90. The molecule has 4 rings (SSSR count). The quantitative estimate of drug-likeness (QED) is 0.618. The Morgan fingerprint density at radius 2 is 2.21 bits per heavy atom. The summed E-state index contributed by atoms with van der Waals surface area (Å²) in [6.45, 7) is 0.152. The normalized spacial score (nSPS) is 10.8. The van der Waals surface area contributed by atoms with Crippen molar-refractivity contribution in [3.63, 3.8) is 0 Å². The Hall–Kier alpha value is -3.55. The van der Waals surface area contributed by atoms with Gasteiger partial charge in [-0.25, -0.2) is 19.9 Å². The third-order valence-corrected chi connectivity index (χ3v) is 3.44. The van der Waals surface area contributed by atoms with Gasteiger partial charge >= 0.3 is 0 Å². The molecule has 8 nitrogen and oxygen atoms in total. The molecule has 1 aromatic carbocycles. The maximum Gasteiger partial charge on any atom is 0.246 e. The lowest BCUT2D eigenvalue weighted by atomic mass is 10.1. The van der Waals surface area contributed by atoms with Crippen LogP contribution in [0.2, 0.25) is 0 Å². The minimum Gasteiger partial charge on any atom is -0.444 e. The third-order valence-electron chi connectivity index (χ3n) is 3.44. The van der Waals surface area contributed by atoms with Crippen molar-refractivity contribution in [2.24, 2.45) is 0 Å². The lowest BCUT2D eigenvalue weighted by Gasteiger charge is -2.06.